The molecular weight excluding hydrogens is 172 g/mol. The molecule has 2 heteroatoms. The lowest BCUT2D eigenvalue weighted by molar-refractivity contribution is 0.0679. The lowest BCUT2D eigenvalue weighted by Crippen LogP contribution is -2.48. The lowest BCUT2D eigenvalue weighted by Gasteiger charge is -2.44. The van der Waals surface area contributed by atoms with Crippen LogP contribution in [0.2, 0.25) is 0 Å². The van der Waals surface area contributed by atoms with Crippen LogP contribution in [0.1, 0.15) is 39.5 Å². The van der Waals surface area contributed by atoms with Gasteiger partial charge in [-0.1, -0.05) is 13.3 Å². The monoisotopic (exact) mass is 196 g/mol. The van der Waals surface area contributed by atoms with Gasteiger partial charge in [0, 0.05) is 12.6 Å². The molecule has 1 aliphatic carbocycles. The van der Waals surface area contributed by atoms with Crippen molar-refractivity contribution >= 4 is 0 Å². The number of nitrogens with zero attached hydrogens (tertiary/aromatic N) is 1. The molecule has 2 unspecified atom stereocenters. The summed E-state index contributed by atoms with van der Waals surface area (Å²) in [4.78, 5) is 2.66. The number of nitrogens with two attached hydrogens (primary N) is 1. The van der Waals surface area contributed by atoms with E-state index in [2.05, 4.69) is 18.7 Å². The molecule has 0 amide bonds. The highest BCUT2D eigenvalue weighted by atomic mass is 15.2. The third-order valence-electron chi connectivity index (χ3n) is 4.66. The van der Waals surface area contributed by atoms with Crippen LogP contribution in [0.15, 0.2) is 0 Å². The van der Waals surface area contributed by atoms with E-state index in [1.165, 1.54) is 38.8 Å². The molecule has 2 atom stereocenters. The Morgan fingerprint density at radius 3 is 2.43 bits per heavy atom. The highest BCUT2D eigenvalue weighted by Gasteiger charge is 2.40. The van der Waals surface area contributed by atoms with Crippen molar-refractivity contribution in [1.82, 2.24) is 4.90 Å². The molecule has 0 aromatic carbocycles. The summed E-state index contributed by atoms with van der Waals surface area (Å²) in [5.41, 5.74) is 6.40. The van der Waals surface area contributed by atoms with Crippen LogP contribution in [-0.4, -0.2) is 30.6 Å². The van der Waals surface area contributed by atoms with E-state index in [1.807, 2.05) is 0 Å². The van der Waals surface area contributed by atoms with Crippen LogP contribution in [0.25, 0.3) is 0 Å². The van der Waals surface area contributed by atoms with E-state index in [1.54, 1.807) is 0 Å². The smallest absolute Gasteiger partial charge is 0.00932 e. The maximum Gasteiger partial charge on any atom is 0.00932 e. The molecule has 2 aliphatic rings. The molecule has 82 valence electrons. The number of hydrogen-bond donors (Lipinski definition) is 1. The first kappa shape index (κ1) is 10.4. The van der Waals surface area contributed by atoms with Crippen molar-refractivity contribution in [3.8, 4) is 0 Å². The van der Waals surface area contributed by atoms with Gasteiger partial charge in [0.1, 0.15) is 0 Å². The maximum absolute atomic E-state index is 5.90. The Hall–Kier alpha value is -0.0800. The summed E-state index contributed by atoms with van der Waals surface area (Å²) in [5.74, 6) is 0.880. The van der Waals surface area contributed by atoms with Gasteiger partial charge >= 0.3 is 0 Å². The summed E-state index contributed by atoms with van der Waals surface area (Å²) >= 11 is 0. The van der Waals surface area contributed by atoms with Crippen molar-refractivity contribution in [3.05, 3.63) is 0 Å². The fourth-order valence-corrected chi connectivity index (χ4v) is 2.93. The summed E-state index contributed by atoms with van der Waals surface area (Å²) in [6, 6.07) is 0.777. The van der Waals surface area contributed by atoms with Crippen LogP contribution in [0, 0.1) is 11.3 Å². The molecule has 1 heterocycles. The van der Waals surface area contributed by atoms with Gasteiger partial charge < -0.3 is 5.73 Å². The van der Waals surface area contributed by atoms with Crippen molar-refractivity contribution in [2.45, 2.75) is 45.6 Å². The SMILES string of the molecule is CC1CCN(CC2(CN)CCC2)C1C. The average molecular weight is 196 g/mol. The van der Waals surface area contributed by atoms with Crippen molar-refractivity contribution in [2.75, 3.05) is 19.6 Å². The van der Waals surface area contributed by atoms with Crippen molar-refractivity contribution in [2.24, 2.45) is 17.1 Å². The van der Waals surface area contributed by atoms with Gasteiger partial charge in [0.25, 0.3) is 0 Å². The van der Waals surface area contributed by atoms with Crippen LogP contribution >= 0.6 is 0 Å². The molecule has 2 N–H and O–H groups in total. The van der Waals surface area contributed by atoms with E-state index < -0.39 is 0 Å². The Bertz CT molecular complexity index is 193. The Morgan fingerprint density at radius 2 is 2.07 bits per heavy atom. The summed E-state index contributed by atoms with van der Waals surface area (Å²) in [7, 11) is 0. The van der Waals surface area contributed by atoms with Gasteiger partial charge in [0.05, 0.1) is 0 Å². The zero-order valence-corrected chi connectivity index (χ0v) is 9.63. The number of hydrogen-bond acceptors (Lipinski definition) is 2. The van der Waals surface area contributed by atoms with Crippen molar-refractivity contribution in [1.29, 1.82) is 0 Å². The van der Waals surface area contributed by atoms with E-state index in [-0.39, 0.29) is 0 Å². The van der Waals surface area contributed by atoms with Crippen LogP contribution in [0.4, 0.5) is 0 Å². The van der Waals surface area contributed by atoms with Gasteiger partial charge in [-0.25, -0.2) is 0 Å². The van der Waals surface area contributed by atoms with Crippen LogP contribution in [-0.2, 0) is 0 Å². The van der Waals surface area contributed by atoms with Crippen molar-refractivity contribution < 1.29 is 0 Å². The zero-order chi connectivity index (χ0) is 10.2. The Morgan fingerprint density at radius 1 is 1.36 bits per heavy atom. The molecular formula is C12H24N2. The average Bonchev–Trinajstić information content (AvgIpc) is 2.42. The van der Waals surface area contributed by atoms with Gasteiger partial charge in [-0.2, -0.15) is 0 Å². The largest absolute Gasteiger partial charge is 0.330 e. The minimum atomic E-state index is 0.498. The molecule has 2 fully saturated rings. The predicted molar refractivity (Wildman–Crippen MR) is 60.2 cm³/mol. The minimum Gasteiger partial charge on any atom is -0.330 e. The molecule has 2 rings (SSSR count). The molecule has 0 aromatic heterocycles. The third-order valence-corrected chi connectivity index (χ3v) is 4.66. The Kier molecular flexibility index (Phi) is 2.85. The molecule has 0 radical (unpaired) electrons. The highest BCUT2D eigenvalue weighted by Crippen LogP contribution is 2.42. The highest BCUT2D eigenvalue weighted by molar-refractivity contribution is 4.94. The quantitative estimate of drug-likeness (QED) is 0.746. The summed E-state index contributed by atoms with van der Waals surface area (Å²) < 4.78 is 0. The van der Waals surface area contributed by atoms with E-state index in [9.17, 15) is 0 Å². The van der Waals surface area contributed by atoms with Crippen molar-refractivity contribution in [3.63, 3.8) is 0 Å². The predicted octanol–water partition coefficient (Wildman–Crippen LogP) is 1.85. The fourth-order valence-electron chi connectivity index (χ4n) is 2.93. The second-order valence-electron chi connectivity index (χ2n) is 5.53. The molecule has 2 nitrogen and oxygen atoms in total. The van der Waals surface area contributed by atoms with E-state index >= 15 is 0 Å². The first-order valence-electron chi connectivity index (χ1n) is 6.11. The minimum absolute atomic E-state index is 0.498. The second-order valence-corrected chi connectivity index (χ2v) is 5.53. The Labute approximate surface area is 87.8 Å². The summed E-state index contributed by atoms with van der Waals surface area (Å²) in [6.45, 7) is 8.20. The summed E-state index contributed by atoms with van der Waals surface area (Å²) in [6.07, 6.45) is 5.50. The number of likely N-dealkylation sites (tertiary alicyclic amines) is 1. The third kappa shape index (κ3) is 1.70. The van der Waals surface area contributed by atoms with Gasteiger partial charge in [-0.05, 0) is 50.6 Å². The molecule has 0 aromatic rings. The first-order chi connectivity index (χ1) is 6.67. The topological polar surface area (TPSA) is 29.3 Å². The van der Waals surface area contributed by atoms with Crippen LogP contribution in [0.3, 0.4) is 0 Å². The van der Waals surface area contributed by atoms with Crippen LogP contribution in [0.5, 0.6) is 0 Å². The molecule has 1 aliphatic heterocycles. The van der Waals surface area contributed by atoms with Gasteiger partial charge in [0.2, 0.25) is 0 Å². The van der Waals surface area contributed by atoms with E-state index in [0.717, 1.165) is 18.5 Å². The molecule has 0 bridgehead atoms. The van der Waals surface area contributed by atoms with Crippen LogP contribution < -0.4 is 5.73 Å². The first-order valence-corrected chi connectivity index (χ1v) is 6.11. The standard InChI is InChI=1S/C12H24N2/c1-10-4-7-14(11(10)2)9-12(8-13)5-3-6-12/h10-11H,3-9,13H2,1-2H3. The summed E-state index contributed by atoms with van der Waals surface area (Å²) in [5, 5.41) is 0. The van der Waals surface area contributed by atoms with E-state index in [4.69, 9.17) is 5.73 Å². The normalized spacial score (nSPS) is 37.1. The fraction of sp³-hybridized carbons (Fsp3) is 1.00. The number of rotatable bonds is 3. The lowest BCUT2D eigenvalue weighted by atomic mass is 9.68. The second kappa shape index (κ2) is 3.82. The maximum atomic E-state index is 5.90. The zero-order valence-electron chi connectivity index (χ0n) is 9.63. The molecule has 1 saturated heterocycles. The van der Waals surface area contributed by atoms with E-state index in [0.29, 0.717) is 5.41 Å². The molecule has 14 heavy (non-hydrogen) atoms. The molecule has 0 spiro atoms. The van der Waals surface area contributed by atoms with Gasteiger partial charge in [-0.15, -0.1) is 0 Å². The van der Waals surface area contributed by atoms with Gasteiger partial charge in [0.15, 0.2) is 0 Å². The molecule has 1 saturated carbocycles. The Balaban J connectivity index is 1.90. The van der Waals surface area contributed by atoms with Gasteiger partial charge in [-0.3, -0.25) is 4.90 Å².